The lowest BCUT2D eigenvalue weighted by atomic mass is 9.84. The second-order valence-electron chi connectivity index (χ2n) is 6.29. The Kier molecular flexibility index (Phi) is 4.05. The summed E-state index contributed by atoms with van der Waals surface area (Å²) < 4.78 is 51.3. The first kappa shape index (κ1) is 15.6. The highest BCUT2D eigenvalue weighted by atomic mass is 32.2. The third-order valence-electron chi connectivity index (χ3n) is 4.93. The molecule has 22 heavy (non-hydrogen) atoms. The topological polar surface area (TPSA) is 51.2 Å². The Labute approximate surface area is 128 Å². The molecule has 0 aliphatic carbocycles. The molecule has 2 saturated heterocycles. The van der Waals surface area contributed by atoms with Gasteiger partial charge in [0.25, 0.3) is 0 Å². The number of ketones is 1. The highest BCUT2D eigenvalue weighted by Gasteiger charge is 2.45. The van der Waals surface area contributed by atoms with Gasteiger partial charge in [-0.2, -0.15) is 0 Å². The summed E-state index contributed by atoms with van der Waals surface area (Å²) in [5.41, 5.74) is 0.0450. The van der Waals surface area contributed by atoms with Gasteiger partial charge in [-0.15, -0.1) is 0 Å². The third kappa shape index (κ3) is 2.69. The number of Topliss-reactive ketones (excluding diaryl/α,β-unsaturated/α-hetero) is 1. The SMILES string of the molecule is O=C(Cc1cccc(F)c1F)C1CC2CCCC(C1)S2(=O)=O. The van der Waals surface area contributed by atoms with Crippen molar-refractivity contribution >= 4 is 15.6 Å². The van der Waals surface area contributed by atoms with Gasteiger partial charge in [0.2, 0.25) is 0 Å². The largest absolute Gasteiger partial charge is 0.299 e. The zero-order valence-corrected chi connectivity index (χ0v) is 12.9. The van der Waals surface area contributed by atoms with Crippen molar-refractivity contribution in [1.29, 1.82) is 0 Å². The number of fused-ring (bicyclic) bond motifs is 2. The average Bonchev–Trinajstić information content (AvgIpc) is 2.42. The van der Waals surface area contributed by atoms with E-state index in [1.54, 1.807) is 0 Å². The van der Waals surface area contributed by atoms with Gasteiger partial charge in [-0.25, -0.2) is 17.2 Å². The van der Waals surface area contributed by atoms with Gasteiger partial charge in [0.15, 0.2) is 21.5 Å². The van der Waals surface area contributed by atoms with Crippen LogP contribution in [0.4, 0.5) is 8.78 Å². The fourth-order valence-electron chi connectivity index (χ4n) is 3.69. The third-order valence-corrected chi connectivity index (χ3v) is 7.64. The molecule has 0 aromatic heterocycles. The number of rotatable bonds is 3. The van der Waals surface area contributed by atoms with E-state index >= 15 is 0 Å². The minimum absolute atomic E-state index is 0.0450. The number of halogens is 2. The lowest BCUT2D eigenvalue weighted by Crippen LogP contribution is -2.45. The van der Waals surface area contributed by atoms with Crippen LogP contribution in [0.15, 0.2) is 18.2 Å². The van der Waals surface area contributed by atoms with Gasteiger partial charge < -0.3 is 0 Å². The standard InChI is InChI=1S/C16H18F2O3S/c17-14-6-1-3-10(16(14)18)9-15(19)11-7-12-4-2-5-13(8-11)22(12,20)21/h1,3,6,11-13H,2,4-5,7-9H2. The molecule has 2 fully saturated rings. The number of carbonyl (C=O) groups is 1. The summed E-state index contributed by atoms with van der Waals surface area (Å²) in [7, 11) is -3.11. The van der Waals surface area contributed by atoms with E-state index in [0.29, 0.717) is 25.7 Å². The molecule has 2 heterocycles. The van der Waals surface area contributed by atoms with Gasteiger partial charge in [0.05, 0.1) is 10.5 Å². The molecule has 2 unspecified atom stereocenters. The van der Waals surface area contributed by atoms with Crippen LogP contribution in [-0.4, -0.2) is 24.7 Å². The van der Waals surface area contributed by atoms with Gasteiger partial charge in [-0.1, -0.05) is 18.6 Å². The molecule has 2 aliphatic heterocycles. The molecule has 2 aliphatic rings. The van der Waals surface area contributed by atoms with E-state index in [2.05, 4.69) is 0 Å². The number of benzene rings is 1. The summed E-state index contributed by atoms with van der Waals surface area (Å²) in [4.78, 5) is 12.4. The Hall–Kier alpha value is -1.30. The molecule has 1 aromatic rings. The zero-order valence-electron chi connectivity index (χ0n) is 12.1. The van der Waals surface area contributed by atoms with E-state index in [1.807, 2.05) is 0 Å². The highest BCUT2D eigenvalue weighted by molar-refractivity contribution is 7.92. The van der Waals surface area contributed by atoms with Gasteiger partial charge in [0, 0.05) is 12.3 Å². The smallest absolute Gasteiger partial charge is 0.162 e. The molecule has 3 rings (SSSR count). The molecule has 0 spiro atoms. The van der Waals surface area contributed by atoms with Crippen LogP contribution in [0.25, 0.3) is 0 Å². The van der Waals surface area contributed by atoms with Crippen molar-refractivity contribution < 1.29 is 22.0 Å². The summed E-state index contributed by atoms with van der Waals surface area (Å²) in [6.45, 7) is 0. The fourth-order valence-corrected chi connectivity index (χ4v) is 6.22. The first-order valence-electron chi connectivity index (χ1n) is 7.58. The van der Waals surface area contributed by atoms with Gasteiger partial charge in [-0.05, 0) is 37.3 Å². The summed E-state index contributed by atoms with van der Waals surface area (Å²) in [5.74, 6) is -2.49. The van der Waals surface area contributed by atoms with Crippen molar-refractivity contribution in [2.24, 2.45) is 5.92 Å². The predicted molar refractivity (Wildman–Crippen MR) is 78.1 cm³/mol. The summed E-state index contributed by atoms with van der Waals surface area (Å²) in [5, 5.41) is -0.877. The highest BCUT2D eigenvalue weighted by Crippen LogP contribution is 2.40. The van der Waals surface area contributed by atoms with Crippen molar-refractivity contribution in [3.8, 4) is 0 Å². The monoisotopic (exact) mass is 328 g/mol. The van der Waals surface area contributed by atoms with E-state index in [-0.39, 0.29) is 23.7 Å². The number of sulfone groups is 1. The van der Waals surface area contributed by atoms with Crippen molar-refractivity contribution in [2.75, 3.05) is 0 Å². The molecule has 0 amide bonds. The van der Waals surface area contributed by atoms with Gasteiger partial charge in [0.1, 0.15) is 5.78 Å². The van der Waals surface area contributed by atoms with Crippen molar-refractivity contribution in [3.05, 3.63) is 35.4 Å². The van der Waals surface area contributed by atoms with E-state index in [0.717, 1.165) is 12.5 Å². The van der Waals surface area contributed by atoms with Crippen LogP contribution in [0.3, 0.4) is 0 Å². The molecule has 2 bridgehead atoms. The Balaban J connectivity index is 1.75. The summed E-state index contributed by atoms with van der Waals surface area (Å²) in [6, 6.07) is 3.79. The van der Waals surface area contributed by atoms with Gasteiger partial charge >= 0.3 is 0 Å². The Morgan fingerprint density at radius 3 is 2.41 bits per heavy atom. The normalized spacial score (nSPS) is 30.0. The Bertz CT molecular complexity index is 679. The molecule has 120 valence electrons. The molecule has 6 heteroatoms. The summed E-state index contributed by atoms with van der Waals surface area (Å²) >= 11 is 0. The van der Waals surface area contributed by atoms with E-state index in [9.17, 15) is 22.0 Å². The van der Waals surface area contributed by atoms with Crippen LogP contribution in [0, 0.1) is 17.6 Å². The summed E-state index contributed by atoms with van der Waals surface area (Å²) in [6.07, 6.45) is 2.58. The number of hydrogen-bond acceptors (Lipinski definition) is 3. The maximum atomic E-state index is 13.7. The van der Waals surface area contributed by atoms with Crippen LogP contribution in [0.5, 0.6) is 0 Å². The Morgan fingerprint density at radius 1 is 1.14 bits per heavy atom. The van der Waals surface area contributed by atoms with Crippen LogP contribution in [-0.2, 0) is 21.1 Å². The van der Waals surface area contributed by atoms with E-state index in [4.69, 9.17) is 0 Å². The molecular formula is C16H18F2O3S. The van der Waals surface area contributed by atoms with Crippen LogP contribution in [0.2, 0.25) is 0 Å². The minimum Gasteiger partial charge on any atom is -0.299 e. The first-order chi connectivity index (χ1) is 10.4. The molecular weight excluding hydrogens is 310 g/mol. The van der Waals surface area contributed by atoms with Crippen molar-refractivity contribution in [2.45, 2.75) is 49.0 Å². The molecule has 0 saturated carbocycles. The lowest BCUT2D eigenvalue weighted by Gasteiger charge is -2.38. The zero-order chi connectivity index (χ0) is 15.9. The Morgan fingerprint density at radius 2 is 1.77 bits per heavy atom. The molecule has 0 N–H and O–H groups in total. The van der Waals surface area contributed by atoms with Crippen LogP contribution in [0.1, 0.15) is 37.7 Å². The fraction of sp³-hybridized carbons (Fsp3) is 0.562. The quantitative estimate of drug-likeness (QED) is 0.857. The van der Waals surface area contributed by atoms with Crippen molar-refractivity contribution in [3.63, 3.8) is 0 Å². The van der Waals surface area contributed by atoms with E-state index < -0.39 is 32.0 Å². The van der Waals surface area contributed by atoms with E-state index in [1.165, 1.54) is 12.1 Å². The van der Waals surface area contributed by atoms with Crippen LogP contribution >= 0.6 is 0 Å². The maximum Gasteiger partial charge on any atom is 0.162 e. The minimum atomic E-state index is -3.11. The molecule has 2 atom stereocenters. The second kappa shape index (κ2) is 5.72. The maximum absolute atomic E-state index is 13.7. The van der Waals surface area contributed by atoms with Crippen molar-refractivity contribution in [1.82, 2.24) is 0 Å². The number of carbonyl (C=O) groups excluding carboxylic acids is 1. The molecule has 0 radical (unpaired) electrons. The predicted octanol–water partition coefficient (Wildman–Crippen LogP) is 2.82. The number of hydrogen-bond donors (Lipinski definition) is 0. The van der Waals surface area contributed by atoms with Crippen LogP contribution < -0.4 is 0 Å². The molecule has 3 nitrogen and oxygen atoms in total. The average molecular weight is 328 g/mol. The molecule has 1 aromatic carbocycles. The lowest BCUT2D eigenvalue weighted by molar-refractivity contribution is -0.122. The first-order valence-corrected chi connectivity index (χ1v) is 9.19. The second-order valence-corrected chi connectivity index (χ2v) is 8.80. The van der Waals surface area contributed by atoms with Gasteiger partial charge in [-0.3, -0.25) is 4.79 Å².